The zero-order valence-corrected chi connectivity index (χ0v) is 11.4. The molecular weight excluding hydrogens is 252 g/mol. The predicted octanol–water partition coefficient (Wildman–Crippen LogP) is 3.25. The number of fused-ring (bicyclic) bond motifs is 1. The quantitative estimate of drug-likeness (QED) is 0.798. The van der Waals surface area contributed by atoms with Crippen molar-refractivity contribution in [1.29, 1.82) is 0 Å². The Balaban J connectivity index is 1.84. The number of hydrogen-bond donors (Lipinski definition) is 0. The van der Waals surface area contributed by atoms with Crippen molar-refractivity contribution in [1.82, 2.24) is 0 Å². The first-order valence-corrected chi connectivity index (χ1v) is 6.81. The van der Waals surface area contributed by atoms with Gasteiger partial charge in [-0.3, -0.25) is 4.79 Å². The minimum Gasteiger partial charge on any atom is -0.494 e. The molecule has 0 amide bonds. The van der Waals surface area contributed by atoms with Crippen LogP contribution in [0.3, 0.4) is 0 Å². The normalized spacial score (nSPS) is 12.7. The Morgan fingerprint density at radius 2 is 1.90 bits per heavy atom. The topological polar surface area (TPSA) is 35.5 Å². The molecule has 0 atom stereocenters. The Labute approximate surface area is 118 Å². The lowest BCUT2D eigenvalue weighted by Crippen LogP contribution is -2.02. The van der Waals surface area contributed by atoms with E-state index in [2.05, 4.69) is 0 Å². The molecule has 0 unspecified atom stereocenters. The number of ether oxygens (including phenoxy) is 2. The van der Waals surface area contributed by atoms with Crippen LogP contribution in [0.4, 0.5) is 0 Å². The Hall–Kier alpha value is -2.29. The summed E-state index contributed by atoms with van der Waals surface area (Å²) in [5, 5.41) is 0. The summed E-state index contributed by atoms with van der Waals surface area (Å²) in [5.74, 6) is 1.71. The van der Waals surface area contributed by atoms with E-state index in [0.29, 0.717) is 24.3 Å². The highest BCUT2D eigenvalue weighted by Gasteiger charge is 2.16. The van der Waals surface area contributed by atoms with E-state index in [-0.39, 0.29) is 5.78 Å². The van der Waals surface area contributed by atoms with Gasteiger partial charge in [0.05, 0.1) is 13.2 Å². The Kier molecular flexibility index (Phi) is 3.42. The summed E-state index contributed by atoms with van der Waals surface area (Å²) in [7, 11) is 0. The van der Waals surface area contributed by atoms with Crippen LogP contribution in [-0.4, -0.2) is 19.0 Å². The van der Waals surface area contributed by atoms with Gasteiger partial charge in [-0.15, -0.1) is 0 Å². The molecule has 102 valence electrons. The maximum absolute atomic E-state index is 12.4. The molecule has 0 bridgehead atoms. The van der Waals surface area contributed by atoms with Crippen LogP contribution in [0.25, 0.3) is 0 Å². The molecule has 0 saturated heterocycles. The van der Waals surface area contributed by atoms with Crippen molar-refractivity contribution in [2.24, 2.45) is 0 Å². The maximum Gasteiger partial charge on any atom is 0.193 e. The van der Waals surface area contributed by atoms with Gasteiger partial charge < -0.3 is 9.47 Å². The Morgan fingerprint density at radius 1 is 1.15 bits per heavy atom. The largest absolute Gasteiger partial charge is 0.494 e. The average Bonchev–Trinajstić information content (AvgIpc) is 2.95. The molecule has 1 aliphatic heterocycles. The van der Waals surface area contributed by atoms with Crippen LogP contribution in [0.1, 0.15) is 28.4 Å². The van der Waals surface area contributed by atoms with Crippen molar-refractivity contribution in [3.63, 3.8) is 0 Å². The molecule has 0 aliphatic carbocycles. The molecule has 0 N–H and O–H groups in total. The molecule has 3 heteroatoms. The van der Waals surface area contributed by atoms with Crippen LogP contribution in [0, 0.1) is 0 Å². The second kappa shape index (κ2) is 5.37. The number of carbonyl (C=O) groups is 1. The third kappa shape index (κ3) is 2.39. The van der Waals surface area contributed by atoms with Crippen molar-refractivity contribution in [3.05, 3.63) is 59.2 Å². The van der Waals surface area contributed by atoms with Gasteiger partial charge >= 0.3 is 0 Å². The number of rotatable bonds is 4. The number of hydrogen-bond acceptors (Lipinski definition) is 3. The van der Waals surface area contributed by atoms with Gasteiger partial charge in [-0.2, -0.15) is 0 Å². The molecule has 2 aromatic carbocycles. The number of benzene rings is 2. The highest BCUT2D eigenvalue weighted by molar-refractivity contribution is 6.09. The smallest absolute Gasteiger partial charge is 0.193 e. The summed E-state index contributed by atoms with van der Waals surface area (Å²) in [5.41, 5.74) is 2.49. The molecule has 20 heavy (non-hydrogen) atoms. The summed E-state index contributed by atoms with van der Waals surface area (Å²) in [6, 6.07) is 12.9. The van der Waals surface area contributed by atoms with Gasteiger partial charge in [0.1, 0.15) is 11.5 Å². The molecule has 0 radical (unpaired) electrons. The third-order valence-electron chi connectivity index (χ3n) is 3.38. The van der Waals surface area contributed by atoms with E-state index >= 15 is 0 Å². The van der Waals surface area contributed by atoms with Crippen LogP contribution in [0.2, 0.25) is 0 Å². The maximum atomic E-state index is 12.4. The van der Waals surface area contributed by atoms with Crippen molar-refractivity contribution in [2.75, 3.05) is 13.2 Å². The Morgan fingerprint density at radius 3 is 2.65 bits per heavy atom. The zero-order chi connectivity index (χ0) is 13.9. The van der Waals surface area contributed by atoms with Crippen molar-refractivity contribution in [3.8, 4) is 11.5 Å². The lowest BCUT2D eigenvalue weighted by atomic mass is 10.0. The van der Waals surface area contributed by atoms with Gasteiger partial charge in [0.2, 0.25) is 0 Å². The van der Waals surface area contributed by atoms with E-state index in [4.69, 9.17) is 9.47 Å². The summed E-state index contributed by atoms with van der Waals surface area (Å²) < 4.78 is 10.8. The van der Waals surface area contributed by atoms with E-state index in [9.17, 15) is 4.79 Å². The summed E-state index contributed by atoms with van der Waals surface area (Å²) in [6.07, 6.45) is 0.875. The van der Waals surface area contributed by atoms with Crippen molar-refractivity contribution < 1.29 is 14.3 Å². The molecule has 3 rings (SSSR count). The van der Waals surface area contributed by atoms with Crippen LogP contribution >= 0.6 is 0 Å². The van der Waals surface area contributed by atoms with Gasteiger partial charge in [0, 0.05) is 17.5 Å². The second-order valence-corrected chi connectivity index (χ2v) is 4.71. The van der Waals surface area contributed by atoms with Gasteiger partial charge in [-0.25, -0.2) is 0 Å². The van der Waals surface area contributed by atoms with Gasteiger partial charge in [-0.1, -0.05) is 0 Å². The van der Waals surface area contributed by atoms with Crippen LogP contribution in [0.15, 0.2) is 42.5 Å². The fraction of sp³-hybridized carbons (Fsp3) is 0.235. The molecule has 0 spiro atoms. The minimum absolute atomic E-state index is 0.0303. The molecule has 0 saturated carbocycles. The third-order valence-corrected chi connectivity index (χ3v) is 3.38. The van der Waals surface area contributed by atoms with E-state index in [0.717, 1.165) is 23.5 Å². The minimum atomic E-state index is 0.0303. The first kappa shape index (κ1) is 12.7. The summed E-state index contributed by atoms with van der Waals surface area (Å²) in [6.45, 7) is 3.26. The van der Waals surface area contributed by atoms with E-state index in [1.54, 1.807) is 12.1 Å². The average molecular weight is 268 g/mol. The van der Waals surface area contributed by atoms with E-state index in [1.165, 1.54) is 0 Å². The van der Waals surface area contributed by atoms with Gasteiger partial charge in [0.25, 0.3) is 0 Å². The first-order valence-electron chi connectivity index (χ1n) is 6.81. The highest BCUT2D eigenvalue weighted by Crippen LogP contribution is 2.27. The van der Waals surface area contributed by atoms with E-state index in [1.807, 2.05) is 37.3 Å². The molecule has 2 aromatic rings. The predicted molar refractivity (Wildman–Crippen MR) is 76.7 cm³/mol. The monoisotopic (exact) mass is 268 g/mol. The number of ketones is 1. The van der Waals surface area contributed by atoms with Crippen LogP contribution in [-0.2, 0) is 6.42 Å². The van der Waals surface area contributed by atoms with Gasteiger partial charge in [0.15, 0.2) is 5.78 Å². The molecule has 0 aromatic heterocycles. The summed E-state index contributed by atoms with van der Waals surface area (Å²) in [4.78, 5) is 12.4. The van der Waals surface area contributed by atoms with Crippen LogP contribution < -0.4 is 9.47 Å². The lowest BCUT2D eigenvalue weighted by molar-refractivity contribution is 0.103. The van der Waals surface area contributed by atoms with Gasteiger partial charge in [-0.05, 0) is 55.0 Å². The molecule has 3 nitrogen and oxygen atoms in total. The first-order chi connectivity index (χ1) is 9.78. The van der Waals surface area contributed by atoms with Crippen molar-refractivity contribution in [2.45, 2.75) is 13.3 Å². The van der Waals surface area contributed by atoms with E-state index < -0.39 is 0 Å². The summed E-state index contributed by atoms with van der Waals surface area (Å²) >= 11 is 0. The molecule has 0 fully saturated rings. The molecular formula is C17H16O3. The van der Waals surface area contributed by atoms with Crippen molar-refractivity contribution >= 4 is 5.78 Å². The molecule has 1 heterocycles. The second-order valence-electron chi connectivity index (χ2n) is 4.71. The van der Waals surface area contributed by atoms with Crippen LogP contribution in [0.5, 0.6) is 11.5 Å². The highest BCUT2D eigenvalue weighted by atomic mass is 16.5. The zero-order valence-electron chi connectivity index (χ0n) is 11.4. The number of carbonyl (C=O) groups excluding carboxylic acids is 1. The SMILES string of the molecule is CCOc1ccc(C(=O)c2ccc3c(c2)CCO3)cc1. The molecule has 1 aliphatic rings. The fourth-order valence-electron chi connectivity index (χ4n) is 2.36. The lowest BCUT2D eigenvalue weighted by Gasteiger charge is -2.06. The Bertz CT molecular complexity index is 629. The fourth-order valence-corrected chi connectivity index (χ4v) is 2.36. The standard InChI is InChI=1S/C17H16O3/c1-2-19-15-6-3-12(4-7-15)17(18)14-5-8-16-13(11-14)9-10-20-16/h3-8,11H,2,9-10H2,1H3.